The summed E-state index contributed by atoms with van der Waals surface area (Å²) in [6.45, 7) is 0.209. The van der Waals surface area contributed by atoms with Crippen LogP contribution >= 0.6 is 28.1 Å². The quantitative estimate of drug-likeness (QED) is 0.813. The average molecular weight is 370 g/mol. The van der Waals surface area contributed by atoms with Crippen molar-refractivity contribution in [1.82, 2.24) is 0 Å². The molecule has 21 heavy (non-hydrogen) atoms. The monoisotopic (exact) mass is 369 g/mol. The number of halogens is 2. The Bertz CT molecular complexity index is 679. The second kappa shape index (κ2) is 6.87. The van der Waals surface area contributed by atoms with Crippen LogP contribution in [0.15, 0.2) is 40.9 Å². The number of benzene rings is 2. The molecule has 2 rings (SSSR count). The van der Waals surface area contributed by atoms with Crippen molar-refractivity contribution in [3.63, 3.8) is 0 Å². The maximum absolute atomic E-state index is 13.4. The Morgan fingerprint density at radius 3 is 2.71 bits per heavy atom. The van der Waals surface area contributed by atoms with E-state index in [0.717, 1.165) is 0 Å². The molecule has 0 fully saturated rings. The molecular formula is C15H13BrFNO2S. The summed E-state index contributed by atoms with van der Waals surface area (Å²) in [6.07, 6.45) is 0. The highest BCUT2D eigenvalue weighted by molar-refractivity contribution is 9.10. The Hall–Kier alpha value is -1.66. The predicted octanol–water partition coefficient (Wildman–Crippen LogP) is 3.81. The lowest BCUT2D eigenvalue weighted by Gasteiger charge is -2.13. The summed E-state index contributed by atoms with van der Waals surface area (Å²) < 4.78 is 24.8. The zero-order valence-corrected chi connectivity index (χ0v) is 13.6. The Kier molecular flexibility index (Phi) is 5.14. The van der Waals surface area contributed by atoms with E-state index in [4.69, 9.17) is 27.4 Å². The summed E-state index contributed by atoms with van der Waals surface area (Å²) in [6, 6.07) is 9.97. The molecule has 0 spiro atoms. The summed E-state index contributed by atoms with van der Waals surface area (Å²) in [5, 5.41) is 0. The maximum atomic E-state index is 13.4. The third-order valence-electron chi connectivity index (χ3n) is 2.86. The second-order valence-electron chi connectivity index (χ2n) is 4.23. The SMILES string of the molecule is COc1cc(C(N)=S)ccc1OCc1cccc(F)c1Br. The summed E-state index contributed by atoms with van der Waals surface area (Å²) >= 11 is 8.12. The molecule has 2 aromatic carbocycles. The van der Waals surface area contributed by atoms with Gasteiger partial charge in [-0.3, -0.25) is 0 Å². The van der Waals surface area contributed by atoms with E-state index in [9.17, 15) is 4.39 Å². The van der Waals surface area contributed by atoms with Crippen molar-refractivity contribution in [2.24, 2.45) is 5.73 Å². The first-order chi connectivity index (χ1) is 10.0. The van der Waals surface area contributed by atoms with Gasteiger partial charge < -0.3 is 15.2 Å². The summed E-state index contributed by atoms with van der Waals surface area (Å²) in [5.41, 5.74) is 6.98. The van der Waals surface area contributed by atoms with Crippen LogP contribution in [0.1, 0.15) is 11.1 Å². The molecule has 3 nitrogen and oxygen atoms in total. The van der Waals surface area contributed by atoms with Crippen molar-refractivity contribution in [3.8, 4) is 11.5 Å². The minimum Gasteiger partial charge on any atom is -0.493 e. The molecule has 0 amide bonds. The minimum absolute atomic E-state index is 0.209. The van der Waals surface area contributed by atoms with Crippen molar-refractivity contribution in [3.05, 3.63) is 57.8 Å². The molecule has 6 heteroatoms. The molecule has 2 aromatic rings. The van der Waals surface area contributed by atoms with Gasteiger partial charge in [-0.05, 0) is 40.2 Å². The van der Waals surface area contributed by atoms with E-state index < -0.39 is 0 Å². The number of ether oxygens (including phenoxy) is 2. The molecule has 110 valence electrons. The molecule has 0 unspecified atom stereocenters. The minimum atomic E-state index is -0.327. The second-order valence-corrected chi connectivity index (χ2v) is 5.46. The summed E-state index contributed by atoms with van der Waals surface area (Å²) in [5.74, 6) is 0.730. The van der Waals surface area contributed by atoms with Crippen LogP contribution in [0.5, 0.6) is 11.5 Å². The highest BCUT2D eigenvalue weighted by Gasteiger charge is 2.10. The Balaban J connectivity index is 2.20. The lowest BCUT2D eigenvalue weighted by Crippen LogP contribution is -2.09. The average Bonchev–Trinajstić information content (AvgIpc) is 2.48. The number of nitrogens with two attached hydrogens (primary N) is 1. The van der Waals surface area contributed by atoms with E-state index in [2.05, 4.69) is 15.9 Å². The first-order valence-electron chi connectivity index (χ1n) is 6.06. The van der Waals surface area contributed by atoms with E-state index in [-0.39, 0.29) is 17.4 Å². The molecule has 0 aliphatic rings. The van der Waals surface area contributed by atoms with Gasteiger partial charge in [0, 0.05) is 11.1 Å². The molecule has 0 aromatic heterocycles. The van der Waals surface area contributed by atoms with Crippen LogP contribution in [0.3, 0.4) is 0 Å². The zero-order valence-electron chi connectivity index (χ0n) is 11.2. The molecule has 0 atom stereocenters. The van der Waals surface area contributed by atoms with E-state index in [1.165, 1.54) is 13.2 Å². The fraction of sp³-hybridized carbons (Fsp3) is 0.133. The van der Waals surface area contributed by atoms with Gasteiger partial charge in [0.05, 0.1) is 11.6 Å². The van der Waals surface area contributed by atoms with Gasteiger partial charge in [-0.1, -0.05) is 24.4 Å². The Labute approximate surface area is 136 Å². The van der Waals surface area contributed by atoms with E-state index >= 15 is 0 Å². The lowest BCUT2D eigenvalue weighted by atomic mass is 10.2. The molecule has 0 aliphatic carbocycles. The van der Waals surface area contributed by atoms with Crippen LogP contribution < -0.4 is 15.2 Å². The number of hydrogen-bond acceptors (Lipinski definition) is 3. The van der Waals surface area contributed by atoms with Gasteiger partial charge in [0.1, 0.15) is 17.4 Å². The molecular weight excluding hydrogens is 357 g/mol. The van der Waals surface area contributed by atoms with E-state index in [0.29, 0.717) is 27.1 Å². The first kappa shape index (κ1) is 15.7. The predicted molar refractivity (Wildman–Crippen MR) is 87.3 cm³/mol. The van der Waals surface area contributed by atoms with Crippen LogP contribution in [0, 0.1) is 5.82 Å². The molecule has 0 radical (unpaired) electrons. The van der Waals surface area contributed by atoms with Gasteiger partial charge in [-0.15, -0.1) is 0 Å². The molecule has 0 saturated carbocycles. The number of hydrogen-bond donors (Lipinski definition) is 1. The summed E-state index contributed by atoms with van der Waals surface area (Å²) in [4.78, 5) is 0.285. The number of thiocarbonyl (C=S) groups is 1. The van der Waals surface area contributed by atoms with Crippen LogP contribution in [-0.4, -0.2) is 12.1 Å². The highest BCUT2D eigenvalue weighted by Crippen LogP contribution is 2.30. The van der Waals surface area contributed by atoms with Crippen molar-refractivity contribution in [1.29, 1.82) is 0 Å². The van der Waals surface area contributed by atoms with Crippen molar-refractivity contribution in [2.45, 2.75) is 6.61 Å². The van der Waals surface area contributed by atoms with Gasteiger partial charge in [0.25, 0.3) is 0 Å². The topological polar surface area (TPSA) is 44.5 Å². The standard InChI is InChI=1S/C15H13BrFNO2S/c1-19-13-7-9(15(18)21)5-6-12(13)20-8-10-3-2-4-11(17)14(10)16/h2-7H,8H2,1H3,(H2,18,21). The van der Waals surface area contributed by atoms with E-state index in [1.807, 2.05) is 0 Å². The van der Waals surface area contributed by atoms with Crippen molar-refractivity contribution >= 4 is 33.1 Å². The number of methoxy groups -OCH3 is 1. The van der Waals surface area contributed by atoms with Crippen molar-refractivity contribution in [2.75, 3.05) is 7.11 Å². The first-order valence-corrected chi connectivity index (χ1v) is 7.26. The molecule has 2 N–H and O–H groups in total. The van der Waals surface area contributed by atoms with Gasteiger partial charge in [-0.25, -0.2) is 4.39 Å². The fourth-order valence-electron chi connectivity index (χ4n) is 1.76. The lowest BCUT2D eigenvalue weighted by molar-refractivity contribution is 0.283. The van der Waals surface area contributed by atoms with Gasteiger partial charge in [0.2, 0.25) is 0 Å². The zero-order chi connectivity index (χ0) is 15.4. The third kappa shape index (κ3) is 3.71. The van der Waals surface area contributed by atoms with Crippen LogP contribution in [-0.2, 0) is 6.61 Å². The van der Waals surface area contributed by atoms with Gasteiger partial charge in [-0.2, -0.15) is 0 Å². The van der Waals surface area contributed by atoms with Crippen LogP contribution in [0.2, 0.25) is 0 Å². The molecule has 0 heterocycles. The van der Waals surface area contributed by atoms with Crippen molar-refractivity contribution < 1.29 is 13.9 Å². The van der Waals surface area contributed by atoms with E-state index in [1.54, 1.807) is 30.3 Å². The molecule has 0 saturated heterocycles. The molecule has 0 bridgehead atoms. The molecule has 0 aliphatic heterocycles. The van der Waals surface area contributed by atoms with Gasteiger partial charge >= 0.3 is 0 Å². The maximum Gasteiger partial charge on any atom is 0.161 e. The van der Waals surface area contributed by atoms with Crippen LogP contribution in [0.25, 0.3) is 0 Å². The third-order valence-corrected chi connectivity index (χ3v) is 3.99. The summed E-state index contributed by atoms with van der Waals surface area (Å²) in [7, 11) is 1.53. The highest BCUT2D eigenvalue weighted by atomic mass is 79.9. The largest absolute Gasteiger partial charge is 0.493 e. The fourth-order valence-corrected chi connectivity index (χ4v) is 2.26. The number of rotatable bonds is 5. The normalized spacial score (nSPS) is 10.2. The Morgan fingerprint density at radius 1 is 1.29 bits per heavy atom. The smallest absolute Gasteiger partial charge is 0.161 e. The Morgan fingerprint density at radius 2 is 2.05 bits per heavy atom. The van der Waals surface area contributed by atoms with Gasteiger partial charge in [0.15, 0.2) is 11.5 Å². The van der Waals surface area contributed by atoms with Crippen LogP contribution in [0.4, 0.5) is 4.39 Å².